The van der Waals surface area contributed by atoms with E-state index < -0.39 is 0 Å². The van der Waals surface area contributed by atoms with Crippen molar-refractivity contribution in [2.24, 2.45) is 7.05 Å². The molecule has 18 heavy (non-hydrogen) atoms. The third kappa shape index (κ3) is 2.90. The lowest BCUT2D eigenvalue weighted by Crippen LogP contribution is -2.34. The van der Waals surface area contributed by atoms with Crippen molar-refractivity contribution in [3.63, 3.8) is 0 Å². The van der Waals surface area contributed by atoms with Crippen molar-refractivity contribution in [1.29, 1.82) is 0 Å². The van der Waals surface area contributed by atoms with E-state index in [-0.39, 0.29) is 5.56 Å². The summed E-state index contributed by atoms with van der Waals surface area (Å²) in [4.78, 5) is 14.2. The highest BCUT2D eigenvalue weighted by atomic mass is 16.1. The molecule has 0 spiro atoms. The molecular weight excluding hydrogens is 228 g/mol. The van der Waals surface area contributed by atoms with E-state index in [1.807, 2.05) is 6.92 Å². The second-order valence-electron chi connectivity index (χ2n) is 5.21. The number of hydrogen-bond donors (Lipinski definition) is 1. The Kier molecular flexibility index (Phi) is 4.01. The lowest BCUT2D eigenvalue weighted by Gasteiger charge is -2.22. The van der Waals surface area contributed by atoms with Crippen LogP contribution in [0.15, 0.2) is 11.0 Å². The molecule has 5 nitrogen and oxygen atoms in total. The van der Waals surface area contributed by atoms with E-state index in [9.17, 15) is 4.79 Å². The molecule has 1 aromatic heterocycles. The summed E-state index contributed by atoms with van der Waals surface area (Å²) in [5, 5.41) is 7.55. The van der Waals surface area contributed by atoms with Gasteiger partial charge in [0.05, 0.1) is 11.9 Å². The standard InChI is InChI=1S/C13H22N4O/c1-10-12(8-14-17(3)13(10)18)15-11-6-4-5-7-16(2)9-11/h8,11,15H,4-7,9H2,1-3H3. The van der Waals surface area contributed by atoms with Crippen molar-refractivity contribution < 1.29 is 0 Å². The minimum Gasteiger partial charge on any atom is -0.379 e. The fourth-order valence-corrected chi connectivity index (χ4v) is 2.47. The van der Waals surface area contributed by atoms with Crippen LogP contribution in [0.4, 0.5) is 5.69 Å². The maximum absolute atomic E-state index is 11.8. The summed E-state index contributed by atoms with van der Waals surface area (Å²) in [6, 6.07) is 0.408. The van der Waals surface area contributed by atoms with Crippen molar-refractivity contribution in [2.45, 2.75) is 32.2 Å². The van der Waals surface area contributed by atoms with Gasteiger partial charge in [0, 0.05) is 25.2 Å². The SMILES string of the molecule is Cc1c(NC2CCCCN(C)C2)cnn(C)c1=O. The maximum Gasteiger partial charge on any atom is 0.271 e. The van der Waals surface area contributed by atoms with Gasteiger partial charge in [0.25, 0.3) is 5.56 Å². The molecule has 0 bridgehead atoms. The number of nitrogens with zero attached hydrogens (tertiary/aromatic N) is 3. The van der Waals surface area contributed by atoms with Crippen molar-refractivity contribution in [1.82, 2.24) is 14.7 Å². The van der Waals surface area contributed by atoms with Gasteiger partial charge in [0.2, 0.25) is 0 Å². The van der Waals surface area contributed by atoms with Crippen LogP contribution in [0.1, 0.15) is 24.8 Å². The van der Waals surface area contributed by atoms with Gasteiger partial charge < -0.3 is 10.2 Å². The molecule has 1 fully saturated rings. The van der Waals surface area contributed by atoms with Crippen LogP contribution in [0, 0.1) is 6.92 Å². The first-order valence-electron chi connectivity index (χ1n) is 6.56. The molecule has 100 valence electrons. The largest absolute Gasteiger partial charge is 0.379 e. The number of anilines is 1. The van der Waals surface area contributed by atoms with Gasteiger partial charge in [-0.1, -0.05) is 6.42 Å². The predicted octanol–water partition coefficient (Wildman–Crippen LogP) is 0.985. The Bertz CT molecular complexity index is 469. The van der Waals surface area contributed by atoms with E-state index in [2.05, 4.69) is 22.4 Å². The zero-order chi connectivity index (χ0) is 13.1. The first kappa shape index (κ1) is 13.1. The van der Waals surface area contributed by atoms with Crippen molar-refractivity contribution in [3.05, 3.63) is 22.1 Å². The van der Waals surface area contributed by atoms with E-state index in [4.69, 9.17) is 0 Å². The van der Waals surface area contributed by atoms with Gasteiger partial charge in [-0.25, -0.2) is 4.68 Å². The van der Waals surface area contributed by atoms with E-state index in [1.165, 1.54) is 17.5 Å². The van der Waals surface area contributed by atoms with Crippen LogP contribution in [0.2, 0.25) is 0 Å². The van der Waals surface area contributed by atoms with Crippen LogP contribution in [0.3, 0.4) is 0 Å². The van der Waals surface area contributed by atoms with E-state index in [1.54, 1.807) is 13.2 Å². The first-order chi connectivity index (χ1) is 8.58. The molecule has 2 rings (SSSR count). The van der Waals surface area contributed by atoms with Gasteiger partial charge in [-0.3, -0.25) is 4.79 Å². The molecule has 2 heterocycles. The summed E-state index contributed by atoms with van der Waals surface area (Å²) in [6.45, 7) is 4.04. The van der Waals surface area contributed by atoms with Crippen LogP contribution >= 0.6 is 0 Å². The number of rotatable bonds is 2. The topological polar surface area (TPSA) is 50.2 Å². The van der Waals surface area contributed by atoms with Gasteiger partial charge in [-0.2, -0.15) is 5.10 Å². The van der Waals surface area contributed by atoms with Gasteiger partial charge in [-0.15, -0.1) is 0 Å². The van der Waals surface area contributed by atoms with Crippen molar-refractivity contribution in [2.75, 3.05) is 25.5 Å². The Morgan fingerprint density at radius 2 is 2.17 bits per heavy atom. The monoisotopic (exact) mass is 250 g/mol. The number of aromatic nitrogens is 2. The third-order valence-electron chi connectivity index (χ3n) is 3.61. The van der Waals surface area contributed by atoms with Crippen LogP contribution in [0.25, 0.3) is 0 Å². The van der Waals surface area contributed by atoms with Crippen molar-refractivity contribution in [3.8, 4) is 0 Å². The van der Waals surface area contributed by atoms with Gasteiger partial charge >= 0.3 is 0 Å². The van der Waals surface area contributed by atoms with E-state index in [0.29, 0.717) is 6.04 Å². The Labute approximate surface area is 108 Å². The highest BCUT2D eigenvalue weighted by Gasteiger charge is 2.16. The molecule has 1 N–H and O–H groups in total. The smallest absolute Gasteiger partial charge is 0.271 e. The summed E-state index contributed by atoms with van der Waals surface area (Å²) in [5.74, 6) is 0. The van der Waals surface area contributed by atoms with Crippen LogP contribution in [-0.4, -0.2) is 40.9 Å². The molecule has 1 aliphatic heterocycles. The van der Waals surface area contributed by atoms with Gasteiger partial charge in [-0.05, 0) is 33.4 Å². The second kappa shape index (κ2) is 5.52. The Hall–Kier alpha value is -1.36. The minimum atomic E-state index is -0.0259. The van der Waals surface area contributed by atoms with Gasteiger partial charge in [0.15, 0.2) is 0 Å². The predicted molar refractivity (Wildman–Crippen MR) is 73.0 cm³/mol. The van der Waals surface area contributed by atoms with E-state index in [0.717, 1.165) is 30.8 Å². The first-order valence-corrected chi connectivity index (χ1v) is 6.56. The molecule has 0 radical (unpaired) electrons. The zero-order valence-electron chi connectivity index (χ0n) is 11.4. The Morgan fingerprint density at radius 1 is 1.39 bits per heavy atom. The number of likely N-dealkylation sites (N-methyl/N-ethyl adjacent to an activating group) is 1. The normalized spacial score (nSPS) is 21.6. The summed E-state index contributed by atoms with van der Waals surface area (Å²) >= 11 is 0. The number of aryl methyl sites for hydroxylation is 1. The molecule has 1 aromatic rings. The minimum absolute atomic E-state index is 0.0259. The molecule has 5 heteroatoms. The lowest BCUT2D eigenvalue weighted by molar-refractivity contribution is 0.339. The highest BCUT2D eigenvalue weighted by Crippen LogP contribution is 2.16. The molecular formula is C13H22N4O. The molecule has 1 unspecified atom stereocenters. The average Bonchev–Trinajstić information content (AvgIpc) is 2.54. The maximum atomic E-state index is 11.8. The van der Waals surface area contributed by atoms with Crippen LogP contribution < -0.4 is 10.9 Å². The molecule has 0 amide bonds. The third-order valence-corrected chi connectivity index (χ3v) is 3.61. The van der Waals surface area contributed by atoms with Gasteiger partial charge in [0.1, 0.15) is 0 Å². The number of nitrogens with one attached hydrogen (secondary N) is 1. The van der Waals surface area contributed by atoms with E-state index >= 15 is 0 Å². The molecule has 1 atom stereocenters. The summed E-state index contributed by atoms with van der Waals surface area (Å²) < 4.78 is 1.37. The fourth-order valence-electron chi connectivity index (χ4n) is 2.47. The second-order valence-corrected chi connectivity index (χ2v) is 5.21. The fraction of sp³-hybridized carbons (Fsp3) is 0.692. The quantitative estimate of drug-likeness (QED) is 0.850. The Balaban J connectivity index is 2.13. The average molecular weight is 250 g/mol. The molecule has 0 aromatic carbocycles. The zero-order valence-corrected chi connectivity index (χ0v) is 11.4. The summed E-state index contributed by atoms with van der Waals surface area (Å²) in [6.07, 6.45) is 5.39. The number of hydrogen-bond acceptors (Lipinski definition) is 4. The van der Waals surface area contributed by atoms with Crippen LogP contribution in [-0.2, 0) is 7.05 Å². The van der Waals surface area contributed by atoms with Crippen LogP contribution in [0.5, 0.6) is 0 Å². The highest BCUT2D eigenvalue weighted by molar-refractivity contribution is 5.47. The lowest BCUT2D eigenvalue weighted by atomic mass is 10.1. The summed E-state index contributed by atoms with van der Waals surface area (Å²) in [5.41, 5.74) is 1.60. The molecule has 0 aliphatic carbocycles. The molecule has 1 aliphatic rings. The Morgan fingerprint density at radius 3 is 2.94 bits per heavy atom. The molecule has 1 saturated heterocycles. The number of likely N-dealkylation sites (tertiary alicyclic amines) is 1. The molecule has 0 saturated carbocycles. The van der Waals surface area contributed by atoms with Crippen molar-refractivity contribution >= 4 is 5.69 Å². The summed E-state index contributed by atoms with van der Waals surface area (Å²) in [7, 11) is 3.83.